The number of hydrogen-bond acceptors (Lipinski definition) is 2. The molecule has 1 aliphatic heterocycles. The largest absolute Gasteiger partial charge is 0.381 e. The molecular formula is C6H9NO. The molecule has 0 aromatic carbocycles. The predicted molar refractivity (Wildman–Crippen MR) is 31.4 cm³/mol. The molecule has 0 radical (unpaired) electrons. The van der Waals surface area contributed by atoms with E-state index in [2.05, 4.69) is 5.32 Å². The second-order valence-electron chi connectivity index (χ2n) is 2.03. The first kappa shape index (κ1) is 5.35. The minimum atomic E-state index is 0.225. The molecule has 1 N–H and O–H groups in total. The van der Waals surface area contributed by atoms with Crippen LogP contribution in [0.25, 0.3) is 0 Å². The molecule has 1 aliphatic rings. The van der Waals surface area contributed by atoms with Crippen LogP contribution < -0.4 is 5.32 Å². The first-order valence-electron chi connectivity index (χ1n) is 2.66. The van der Waals surface area contributed by atoms with Gasteiger partial charge in [-0.05, 0) is 13.8 Å². The molecule has 1 rings (SSSR count). The lowest BCUT2D eigenvalue weighted by Crippen LogP contribution is -2.09. The third kappa shape index (κ3) is 0.619. The Balaban J connectivity index is 2.86. The SMILES string of the molecule is CC1=C(C)C(=O)CN1. The first-order chi connectivity index (χ1) is 3.72. The summed E-state index contributed by atoms with van der Waals surface area (Å²) in [4.78, 5) is 10.7. The molecule has 0 aromatic rings. The van der Waals surface area contributed by atoms with Crippen molar-refractivity contribution in [2.75, 3.05) is 6.54 Å². The highest BCUT2D eigenvalue weighted by molar-refractivity contribution is 5.99. The van der Waals surface area contributed by atoms with Crippen LogP contribution in [0.5, 0.6) is 0 Å². The number of carbonyl (C=O) groups excluding carboxylic acids is 1. The Hall–Kier alpha value is -0.790. The highest BCUT2D eigenvalue weighted by Crippen LogP contribution is 2.06. The van der Waals surface area contributed by atoms with Gasteiger partial charge in [-0.15, -0.1) is 0 Å². The van der Waals surface area contributed by atoms with Gasteiger partial charge in [0, 0.05) is 11.3 Å². The van der Waals surface area contributed by atoms with Crippen molar-refractivity contribution in [2.24, 2.45) is 0 Å². The highest BCUT2D eigenvalue weighted by atomic mass is 16.1. The van der Waals surface area contributed by atoms with Crippen molar-refractivity contribution in [1.82, 2.24) is 5.32 Å². The Kier molecular flexibility index (Phi) is 1.08. The summed E-state index contributed by atoms with van der Waals surface area (Å²) in [5.41, 5.74) is 1.90. The van der Waals surface area contributed by atoms with E-state index in [0.29, 0.717) is 6.54 Å². The summed E-state index contributed by atoms with van der Waals surface area (Å²) < 4.78 is 0. The van der Waals surface area contributed by atoms with Crippen LogP contribution in [0.4, 0.5) is 0 Å². The third-order valence-corrected chi connectivity index (χ3v) is 1.49. The van der Waals surface area contributed by atoms with E-state index in [-0.39, 0.29) is 5.78 Å². The molecule has 0 aliphatic carbocycles. The van der Waals surface area contributed by atoms with Crippen LogP contribution >= 0.6 is 0 Å². The molecule has 44 valence electrons. The molecule has 0 amide bonds. The zero-order valence-corrected chi connectivity index (χ0v) is 5.12. The van der Waals surface area contributed by atoms with E-state index in [1.165, 1.54) is 0 Å². The van der Waals surface area contributed by atoms with Gasteiger partial charge in [0.05, 0.1) is 6.54 Å². The maximum absolute atomic E-state index is 10.7. The number of Topliss-reactive ketones (excluding diaryl/α,β-unsaturated/α-hetero) is 1. The fourth-order valence-corrected chi connectivity index (χ4v) is 0.687. The van der Waals surface area contributed by atoms with E-state index >= 15 is 0 Å². The first-order valence-corrected chi connectivity index (χ1v) is 2.66. The number of rotatable bonds is 0. The van der Waals surface area contributed by atoms with Gasteiger partial charge in [-0.1, -0.05) is 0 Å². The lowest BCUT2D eigenvalue weighted by atomic mass is 10.2. The van der Waals surface area contributed by atoms with Gasteiger partial charge in [0.15, 0.2) is 5.78 Å². The van der Waals surface area contributed by atoms with Crippen LogP contribution in [0.15, 0.2) is 11.3 Å². The van der Waals surface area contributed by atoms with Gasteiger partial charge < -0.3 is 5.32 Å². The fourth-order valence-electron chi connectivity index (χ4n) is 0.687. The van der Waals surface area contributed by atoms with E-state index in [1.807, 2.05) is 13.8 Å². The van der Waals surface area contributed by atoms with Crippen molar-refractivity contribution in [3.05, 3.63) is 11.3 Å². The third-order valence-electron chi connectivity index (χ3n) is 1.49. The summed E-state index contributed by atoms with van der Waals surface area (Å²) >= 11 is 0. The maximum Gasteiger partial charge on any atom is 0.179 e. The zero-order valence-electron chi connectivity index (χ0n) is 5.12. The van der Waals surface area contributed by atoms with Gasteiger partial charge >= 0.3 is 0 Å². The lowest BCUT2D eigenvalue weighted by molar-refractivity contribution is -0.113. The van der Waals surface area contributed by atoms with Crippen molar-refractivity contribution in [3.63, 3.8) is 0 Å². The van der Waals surface area contributed by atoms with Crippen molar-refractivity contribution >= 4 is 5.78 Å². The molecular weight excluding hydrogens is 102 g/mol. The number of carbonyl (C=O) groups is 1. The monoisotopic (exact) mass is 111 g/mol. The van der Waals surface area contributed by atoms with Crippen molar-refractivity contribution in [1.29, 1.82) is 0 Å². The second kappa shape index (κ2) is 1.62. The van der Waals surface area contributed by atoms with E-state index in [0.717, 1.165) is 11.3 Å². The Morgan fingerprint density at radius 3 is 2.25 bits per heavy atom. The molecule has 0 saturated carbocycles. The summed E-state index contributed by atoms with van der Waals surface area (Å²) in [7, 11) is 0. The number of nitrogens with one attached hydrogen (secondary N) is 1. The van der Waals surface area contributed by atoms with E-state index in [9.17, 15) is 4.79 Å². The number of hydrogen-bond donors (Lipinski definition) is 1. The van der Waals surface area contributed by atoms with Crippen molar-refractivity contribution in [2.45, 2.75) is 13.8 Å². The van der Waals surface area contributed by atoms with Gasteiger partial charge in [-0.3, -0.25) is 4.79 Å². The number of ketones is 1. The van der Waals surface area contributed by atoms with Crippen LogP contribution in [-0.4, -0.2) is 12.3 Å². The van der Waals surface area contributed by atoms with Crippen LogP contribution in [0.3, 0.4) is 0 Å². The molecule has 0 atom stereocenters. The molecule has 1 heterocycles. The fraction of sp³-hybridized carbons (Fsp3) is 0.500. The van der Waals surface area contributed by atoms with Crippen LogP contribution in [0.2, 0.25) is 0 Å². The molecule has 0 spiro atoms. The molecule has 0 unspecified atom stereocenters. The molecule has 0 fully saturated rings. The summed E-state index contributed by atoms with van der Waals surface area (Å²) in [5, 5.41) is 2.95. The van der Waals surface area contributed by atoms with E-state index < -0.39 is 0 Å². The standard InChI is InChI=1S/C6H9NO/c1-4-5(2)7-3-6(4)8/h7H,3H2,1-2H3. The molecule has 2 nitrogen and oxygen atoms in total. The normalized spacial score (nSPS) is 19.5. The second-order valence-corrected chi connectivity index (χ2v) is 2.03. The highest BCUT2D eigenvalue weighted by Gasteiger charge is 2.13. The Bertz CT molecular complexity index is 158. The Morgan fingerprint density at radius 1 is 1.50 bits per heavy atom. The van der Waals surface area contributed by atoms with E-state index in [1.54, 1.807) is 0 Å². The molecule has 0 saturated heterocycles. The van der Waals surface area contributed by atoms with Crippen LogP contribution in [0, 0.1) is 0 Å². The van der Waals surface area contributed by atoms with Gasteiger partial charge in [0.2, 0.25) is 0 Å². The van der Waals surface area contributed by atoms with Crippen molar-refractivity contribution in [3.8, 4) is 0 Å². The number of allylic oxidation sites excluding steroid dienone is 1. The Morgan fingerprint density at radius 2 is 2.12 bits per heavy atom. The minimum absolute atomic E-state index is 0.225. The van der Waals surface area contributed by atoms with Crippen molar-refractivity contribution < 1.29 is 4.79 Å². The predicted octanol–water partition coefficient (Wildman–Crippen LogP) is 0.453. The molecule has 0 aromatic heterocycles. The van der Waals surface area contributed by atoms with Crippen LogP contribution in [0.1, 0.15) is 13.8 Å². The molecule has 0 bridgehead atoms. The van der Waals surface area contributed by atoms with Gasteiger partial charge in [0.25, 0.3) is 0 Å². The topological polar surface area (TPSA) is 29.1 Å². The van der Waals surface area contributed by atoms with Gasteiger partial charge in [-0.25, -0.2) is 0 Å². The zero-order chi connectivity index (χ0) is 6.15. The van der Waals surface area contributed by atoms with Gasteiger partial charge in [-0.2, -0.15) is 0 Å². The molecule has 8 heavy (non-hydrogen) atoms. The van der Waals surface area contributed by atoms with Crippen LogP contribution in [-0.2, 0) is 4.79 Å². The summed E-state index contributed by atoms with van der Waals surface area (Å²) in [6.45, 7) is 4.26. The van der Waals surface area contributed by atoms with Gasteiger partial charge in [0.1, 0.15) is 0 Å². The summed E-state index contributed by atoms with van der Waals surface area (Å²) in [6, 6.07) is 0. The average molecular weight is 111 g/mol. The quantitative estimate of drug-likeness (QED) is 0.492. The summed E-state index contributed by atoms with van der Waals surface area (Å²) in [5.74, 6) is 0.225. The summed E-state index contributed by atoms with van der Waals surface area (Å²) in [6.07, 6.45) is 0. The lowest BCUT2D eigenvalue weighted by Gasteiger charge is -1.89. The van der Waals surface area contributed by atoms with E-state index in [4.69, 9.17) is 0 Å². The smallest absolute Gasteiger partial charge is 0.179 e. The average Bonchev–Trinajstić information content (AvgIpc) is 1.98. The minimum Gasteiger partial charge on any atom is -0.381 e. The molecule has 2 heteroatoms. The Labute approximate surface area is 48.6 Å². The maximum atomic E-state index is 10.7.